The van der Waals surface area contributed by atoms with E-state index in [4.69, 9.17) is 14.5 Å². The fourth-order valence-corrected chi connectivity index (χ4v) is 5.12. The van der Waals surface area contributed by atoms with Crippen molar-refractivity contribution in [3.63, 3.8) is 0 Å². The van der Waals surface area contributed by atoms with Gasteiger partial charge in [0.1, 0.15) is 5.82 Å². The van der Waals surface area contributed by atoms with E-state index in [1.165, 1.54) is 23.8 Å². The maximum Gasteiger partial charge on any atom is 0.251 e. The first-order valence-corrected chi connectivity index (χ1v) is 13.0. The monoisotopic (exact) mass is 537 g/mol. The van der Waals surface area contributed by atoms with Crippen LogP contribution in [0.2, 0.25) is 0 Å². The summed E-state index contributed by atoms with van der Waals surface area (Å²) in [7, 11) is 1.43. The van der Waals surface area contributed by atoms with Gasteiger partial charge in [-0.1, -0.05) is 0 Å². The van der Waals surface area contributed by atoms with Crippen LogP contribution in [0.1, 0.15) is 29.6 Å². The smallest absolute Gasteiger partial charge is 0.251 e. The Bertz CT molecular complexity index is 1510. The Balaban J connectivity index is 1.41. The number of carbonyl (C=O) groups is 1. The zero-order valence-corrected chi connectivity index (χ0v) is 21.5. The van der Waals surface area contributed by atoms with Crippen LogP contribution in [0.3, 0.4) is 0 Å². The summed E-state index contributed by atoms with van der Waals surface area (Å²) in [6, 6.07) is 2.23. The molecule has 3 aromatic heterocycles. The molecule has 5 heterocycles. The normalized spacial score (nSPS) is 18.1. The molecule has 1 aromatic carbocycles. The minimum absolute atomic E-state index is 0.000709. The predicted molar refractivity (Wildman–Crippen MR) is 139 cm³/mol. The van der Waals surface area contributed by atoms with Crippen molar-refractivity contribution < 1.29 is 23.0 Å². The molecule has 1 unspecified atom stereocenters. The second kappa shape index (κ2) is 10.7. The lowest BCUT2D eigenvalue weighted by atomic mass is 10.0. The summed E-state index contributed by atoms with van der Waals surface area (Å²) in [5.41, 5.74) is 2.12. The molecule has 10 nitrogen and oxygen atoms in total. The van der Waals surface area contributed by atoms with Crippen molar-refractivity contribution in [3.8, 4) is 22.3 Å². The van der Waals surface area contributed by atoms with Gasteiger partial charge in [-0.25, -0.2) is 18.3 Å². The molecule has 0 spiro atoms. The van der Waals surface area contributed by atoms with Gasteiger partial charge in [-0.3, -0.25) is 9.48 Å². The maximum atomic E-state index is 15.0. The Morgan fingerprint density at radius 3 is 2.62 bits per heavy atom. The number of amides is 1. The molecule has 1 amide bonds. The Morgan fingerprint density at radius 1 is 1.03 bits per heavy atom. The van der Waals surface area contributed by atoms with Crippen LogP contribution < -0.4 is 10.6 Å². The zero-order valence-electron chi connectivity index (χ0n) is 21.5. The van der Waals surface area contributed by atoms with Crippen LogP contribution in [0.4, 0.5) is 14.6 Å². The van der Waals surface area contributed by atoms with Crippen molar-refractivity contribution in [2.24, 2.45) is 5.92 Å². The SMILES string of the molecule is CNC(=O)c1cc(F)c(F)c(-c2cnn3cc(-c4cnn(CC5CCOCC5)c4)c(NC4CCOC4)nc23)c1. The first-order valence-electron chi connectivity index (χ1n) is 13.0. The van der Waals surface area contributed by atoms with E-state index in [0.717, 1.165) is 56.2 Å². The largest absolute Gasteiger partial charge is 0.381 e. The van der Waals surface area contributed by atoms with Crippen LogP contribution in [0.25, 0.3) is 27.9 Å². The first-order chi connectivity index (χ1) is 19.0. The fraction of sp³-hybridized carbons (Fsp3) is 0.407. The van der Waals surface area contributed by atoms with E-state index in [2.05, 4.69) is 20.8 Å². The molecule has 6 rings (SSSR count). The highest BCUT2D eigenvalue weighted by atomic mass is 19.2. The van der Waals surface area contributed by atoms with Crippen molar-refractivity contribution in [3.05, 3.63) is 54.1 Å². The summed E-state index contributed by atoms with van der Waals surface area (Å²) in [5.74, 6) is -1.65. The number of ether oxygens (including phenoxy) is 2. The van der Waals surface area contributed by atoms with Gasteiger partial charge >= 0.3 is 0 Å². The van der Waals surface area contributed by atoms with Gasteiger partial charge in [0.25, 0.3) is 5.91 Å². The number of rotatable bonds is 7. The molecule has 1 atom stereocenters. The Morgan fingerprint density at radius 2 is 1.85 bits per heavy atom. The van der Waals surface area contributed by atoms with Crippen LogP contribution in [-0.2, 0) is 16.0 Å². The molecular formula is C27H29F2N7O3. The van der Waals surface area contributed by atoms with Gasteiger partial charge < -0.3 is 20.1 Å². The summed E-state index contributed by atoms with van der Waals surface area (Å²) in [6.07, 6.45) is 9.84. The number of carbonyl (C=O) groups excluding carboxylic acids is 1. The molecule has 39 heavy (non-hydrogen) atoms. The number of fused-ring (bicyclic) bond motifs is 1. The van der Waals surface area contributed by atoms with E-state index in [1.54, 1.807) is 12.4 Å². The highest BCUT2D eigenvalue weighted by Gasteiger charge is 2.24. The number of anilines is 1. The number of halogens is 2. The van der Waals surface area contributed by atoms with Gasteiger partial charge in [0, 0.05) is 73.6 Å². The summed E-state index contributed by atoms with van der Waals surface area (Å²) in [6.45, 7) is 3.53. The Hall–Kier alpha value is -3.90. The average molecular weight is 538 g/mol. The fourth-order valence-electron chi connectivity index (χ4n) is 5.12. The van der Waals surface area contributed by atoms with Crippen molar-refractivity contribution in [2.45, 2.75) is 31.8 Å². The molecule has 0 bridgehead atoms. The lowest BCUT2D eigenvalue weighted by molar-refractivity contribution is 0.0601. The highest BCUT2D eigenvalue weighted by Crippen LogP contribution is 2.34. The number of aromatic nitrogens is 5. The summed E-state index contributed by atoms with van der Waals surface area (Å²) in [5, 5.41) is 14.9. The van der Waals surface area contributed by atoms with Gasteiger partial charge in [-0.15, -0.1) is 0 Å². The van der Waals surface area contributed by atoms with Gasteiger partial charge in [-0.2, -0.15) is 10.2 Å². The maximum absolute atomic E-state index is 15.0. The van der Waals surface area contributed by atoms with Crippen LogP contribution in [0, 0.1) is 17.6 Å². The molecule has 0 saturated carbocycles. The Kier molecular flexibility index (Phi) is 6.96. The van der Waals surface area contributed by atoms with E-state index >= 15 is 0 Å². The van der Waals surface area contributed by atoms with Gasteiger partial charge in [-0.05, 0) is 37.3 Å². The van der Waals surface area contributed by atoms with E-state index in [1.807, 2.05) is 10.9 Å². The molecule has 2 aliphatic rings. The topological polar surface area (TPSA) is 108 Å². The first kappa shape index (κ1) is 25.4. The molecule has 204 valence electrons. The minimum Gasteiger partial charge on any atom is -0.381 e. The molecule has 0 radical (unpaired) electrons. The lowest BCUT2D eigenvalue weighted by Crippen LogP contribution is -2.21. The van der Waals surface area contributed by atoms with Crippen molar-refractivity contribution in [1.82, 2.24) is 29.7 Å². The average Bonchev–Trinajstić information content (AvgIpc) is 3.72. The van der Waals surface area contributed by atoms with Gasteiger partial charge in [0.2, 0.25) is 0 Å². The number of hydrogen-bond donors (Lipinski definition) is 2. The third kappa shape index (κ3) is 5.09. The third-order valence-corrected chi connectivity index (χ3v) is 7.30. The van der Waals surface area contributed by atoms with Crippen LogP contribution in [-0.4, -0.2) is 69.8 Å². The summed E-state index contributed by atoms with van der Waals surface area (Å²) >= 11 is 0. The van der Waals surface area contributed by atoms with E-state index in [9.17, 15) is 13.6 Å². The number of benzene rings is 1. The Labute approximate surface area is 223 Å². The van der Waals surface area contributed by atoms with Gasteiger partial charge in [0.05, 0.1) is 25.0 Å². The van der Waals surface area contributed by atoms with Crippen molar-refractivity contribution in [1.29, 1.82) is 0 Å². The molecule has 2 N–H and O–H groups in total. The van der Waals surface area contributed by atoms with Gasteiger partial charge in [0.15, 0.2) is 17.3 Å². The highest BCUT2D eigenvalue weighted by molar-refractivity contribution is 5.96. The van der Waals surface area contributed by atoms with Crippen molar-refractivity contribution in [2.75, 3.05) is 38.8 Å². The van der Waals surface area contributed by atoms with E-state index in [0.29, 0.717) is 30.6 Å². The number of nitrogens with one attached hydrogen (secondary N) is 2. The second-order valence-corrected chi connectivity index (χ2v) is 9.94. The summed E-state index contributed by atoms with van der Waals surface area (Å²) in [4.78, 5) is 17.0. The lowest BCUT2D eigenvalue weighted by Gasteiger charge is -2.21. The minimum atomic E-state index is -1.12. The molecule has 2 aliphatic heterocycles. The van der Waals surface area contributed by atoms with Crippen LogP contribution in [0.5, 0.6) is 0 Å². The zero-order chi connectivity index (χ0) is 26.9. The van der Waals surface area contributed by atoms with Crippen molar-refractivity contribution >= 4 is 17.4 Å². The molecular weight excluding hydrogens is 508 g/mol. The third-order valence-electron chi connectivity index (χ3n) is 7.30. The summed E-state index contributed by atoms with van der Waals surface area (Å²) < 4.78 is 44.0. The van der Waals surface area contributed by atoms with E-state index in [-0.39, 0.29) is 22.7 Å². The molecule has 2 saturated heterocycles. The molecule has 0 aliphatic carbocycles. The second-order valence-electron chi connectivity index (χ2n) is 9.94. The quantitative estimate of drug-likeness (QED) is 0.371. The predicted octanol–water partition coefficient (Wildman–Crippen LogP) is 3.53. The molecule has 4 aromatic rings. The number of hydrogen-bond acceptors (Lipinski definition) is 7. The molecule has 2 fully saturated rings. The standard InChI is InChI=1S/C27H29F2N7O3/c1-30-27(37)17-8-20(24(29)23(28)9-17)21-11-32-36-14-22(25(34-26(21)36)33-19-4-7-39-15-19)18-10-31-35(13-18)12-16-2-5-38-6-3-16/h8-11,13-14,16,19H,2-7,12,15H2,1H3,(H,30,37)(H,33,34). The van der Waals surface area contributed by atoms with Crippen LogP contribution >= 0.6 is 0 Å². The van der Waals surface area contributed by atoms with E-state index < -0.39 is 17.5 Å². The number of nitrogens with zero attached hydrogens (tertiary/aromatic N) is 5. The van der Waals surface area contributed by atoms with Crippen LogP contribution in [0.15, 0.2) is 36.9 Å². The molecule has 12 heteroatoms.